The average Bonchev–Trinajstić information content (AvgIpc) is 2.73. The fourth-order valence-corrected chi connectivity index (χ4v) is 2.43. The number of carbonyl (C=O) groups is 3. The van der Waals surface area contributed by atoms with Crippen LogP contribution in [0.4, 0.5) is 5.69 Å². The van der Waals surface area contributed by atoms with Gasteiger partial charge in [-0.1, -0.05) is 6.07 Å². The number of benzene rings is 2. The first kappa shape index (κ1) is 22.2. The molecule has 0 saturated carbocycles. The molecule has 0 aliphatic rings. The molecular formula is C22H20N2O6. The van der Waals surface area contributed by atoms with Crippen LogP contribution in [0.1, 0.15) is 29.8 Å². The molecule has 0 aliphatic heterocycles. The Kier molecular flexibility index (Phi) is 7.71. The Balaban J connectivity index is 2.18. The molecule has 0 radical (unpaired) electrons. The van der Waals surface area contributed by atoms with Crippen molar-refractivity contribution in [3.05, 3.63) is 59.2 Å². The molecule has 0 heterocycles. The predicted octanol–water partition coefficient (Wildman–Crippen LogP) is 3.34. The lowest BCUT2D eigenvalue weighted by molar-refractivity contribution is -0.132. The van der Waals surface area contributed by atoms with Crippen molar-refractivity contribution in [2.75, 3.05) is 19.0 Å². The molecule has 0 fully saturated rings. The largest absolute Gasteiger partial charge is 0.493 e. The van der Waals surface area contributed by atoms with Gasteiger partial charge in [0.25, 0.3) is 5.91 Å². The summed E-state index contributed by atoms with van der Waals surface area (Å²) in [7, 11) is 1.41. The number of nitriles is 1. The lowest BCUT2D eigenvalue weighted by Gasteiger charge is -2.09. The van der Waals surface area contributed by atoms with Crippen molar-refractivity contribution in [2.45, 2.75) is 13.8 Å². The minimum atomic E-state index is -0.621. The molecule has 2 rings (SSSR count). The van der Waals surface area contributed by atoms with Crippen molar-refractivity contribution in [1.82, 2.24) is 0 Å². The molecule has 154 valence electrons. The molecule has 1 N–H and O–H groups in total. The van der Waals surface area contributed by atoms with Crippen molar-refractivity contribution in [3.63, 3.8) is 0 Å². The van der Waals surface area contributed by atoms with E-state index in [0.717, 1.165) is 0 Å². The van der Waals surface area contributed by atoms with Crippen LogP contribution >= 0.6 is 0 Å². The molecule has 0 bridgehead atoms. The van der Waals surface area contributed by atoms with E-state index in [9.17, 15) is 19.6 Å². The zero-order valence-electron chi connectivity index (χ0n) is 16.7. The van der Waals surface area contributed by atoms with Crippen molar-refractivity contribution >= 4 is 29.6 Å². The minimum Gasteiger partial charge on any atom is -0.493 e. The minimum absolute atomic E-state index is 0.147. The van der Waals surface area contributed by atoms with E-state index in [0.29, 0.717) is 16.8 Å². The Morgan fingerprint density at radius 3 is 2.37 bits per heavy atom. The zero-order valence-corrected chi connectivity index (χ0v) is 16.7. The van der Waals surface area contributed by atoms with E-state index in [1.807, 2.05) is 6.07 Å². The first-order valence-corrected chi connectivity index (χ1v) is 8.94. The number of hydrogen-bond donors (Lipinski definition) is 1. The van der Waals surface area contributed by atoms with Crippen LogP contribution in [-0.4, -0.2) is 31.6 Å². The highest BCUT2D eigenvalue weighted by molar-refractivity contribution is 6.09. The van der Waals surface area contributed by atoms with Crippen LogP contribution in [-0.2, 0) is 14.3 Å². The zero-order chi connectivity index (χ0) is 22.1. The molecule has 0 aromatic heterocycles. The summed E-state index contributed by atoms with van der Waals surface area (Å²) in [4.78, 5) is 35.2. The van der Waals surface area contributed by atoms with Gasteiger partial charge in [0, 0.05) is 12.6 Å². The van der Waals surface area contributed by atoms with Crippen molar-refractivity contribution in [3.8, 4) is 17.6 Å². The van der Waals surface area contributed by atoms with Gasteiger partial charge in [0.1, 0.15) is 11.6 Å². The summed E-state index contributed by atoms with van der Waals surface area (Å²) in [5, 5.41) is 12.0. The highest BCUT2D eigenvalue weighted by atomic mass is 16.6. The SMILES string of the molecule is CCOC(=O)c1ccc(NC(=O)/C(C#N)=C/c2ccc(OC(C)=O)c(OC)c2)cc1. The van der Waals surface area contributed by atoms with Crippen LogP contribution in [0.25, 0.3) is 6.08 Å². The number of nitrogens with one attached hydrogen (secondary N) is 1. The van der Waals surface area contributed by atoms with E-state index in [1.54, 1.807) is 13.0 Å². The molecule has 0 saturated heterocycles. The maximum atomic E-state index is 12.4. The highest BCUT2D eigenvalue weighted by Gasteiger charge is 2.13. The van der Waals surface area contributed by atoms with Gasteiger partial charge >= 0.3 is 11.9 Å². The summed E-state index contributed by atoms with van der Waals surface area (Å²) in [5.41, 5.74) is 1.13. The lowest BCUT2D eigenvalue weighted by atomic mass is 10.1. The van der Waals surface area contributed by atoms with Gasteiger partial charge in [0.15, 0.2) is 11.5 Å². The first-order chi connectivity index (χ1) is 14.4. The summed E-state index contributed by atoms with van der Waals surface area (Å²) in [6, 6.07) is 12.6. The van der Waals surface area contributed by atoms with Gasteiger partial charge in [-0.05, 0) is 55.0 Å². The number of hydrogen-bond acceptors (Lipinski definition) is 7. The standard InChI is InChI=1S/C22H20N2O6/c1-4-29-22(27)16-6-8-18(9-7-16)24-21(26)17(13-23)11-15-5-10-19(30-14(2)25)20(12-15)28-3/h5-12H,4H2,1-3H3,(H,24,26)/b17-11+. The number of rotatable bonds is 7. The van der Waals surface area contributed by atoms with Crippen LogP contribution in [0.5, 0.6) is 11.5 Å². The van der Waals surface area contributed by atoms with Crippen molar-refractivity contribution in [1.29, 1.82) is 5.26 Å². The summed E-state index contributed by atoms with van der Waals surface area (Å²) in [6.45, 7) is 3.24. The third-order valence-electron chi connectivity index (χ3n) is 3.77. The Morgan fingerprint density at radius 2 is 1.80 bits per heavy atom. The lowest BCUT2D eigenvalue weighted by Crippen LogP contribution is -2.13. The fraction of sp³-hybridized carbons (Fsp3) is 0.182. The van der Waals surface area contributed by atoms with Gasteiger partial charge in [-0.3, -0.25) is 9.59 Å². The second-order valence-electron chi connectivity index (χ2n) is 5.93. The molecule has 8 nitrogen and oxygen atoms in total. The van der Waals surface area contributed by atoms with E-state index >= 15 is 0 Å². The second-order valence-corrected chi connectivity index (χ2v) is 5.93. The van der Waals surface area contributed by atoms with Crippen LogP contribution in [0, 0.1) is 11.3 Å². The number of nitrogens with zero attached hydrogens (tertiary/aromatic N) is 1. The Hall–Kier alpha value is -4.12. The molecule has 2 aromatic carbocycles. The average molecular weight is 408 g/mol. The van der Waals surface area contributed by atoms with Crippen LogP contribution in [0.2, 0.25) is 0 Å². The van der Waals surface area contributed by atoms with E-state index in [-0.39, 0.29) is 23.7 Å². The number of anilines is 1. The third-order valence-corrected chi connectivity index (χ3v) is 3.77. The molecule has 2 aromatic rings. The number of esters is 2. The number of carbonyl (C=O) groups excluding carboxylic acids is 3. The fourth-order valence-electron chi connectivity index (χ4n) is 2.43. The first-order valence-electron chi connectivity index (χ1n) is 8.94. The summed E-state index contributed by atoms with van der Waals surface area (Å²) < 4.78 is 15.1. The van der Waals surface area contributed by atoms with E-state index in [1.165, 1.54) is 56.5 Å². The van der Waals surface area contributed by atoms with Crippen LogP contribution < -0.4 is 14.8 Å². The van der Waals surface area contributed by atoms with Gasteiger partial charge in [-0.2, -0.15) is 5.26 Å². The number of ether oxygens (including phenoxy) is 3. The Morgan fingerprint density at radius 1 is 1.10 bits per heavy atom. The molecule has 0 aliphatic carbocycles. The Bertz CT molecular complexity index is 1020. The van der Waals surface area contributed by atoms with E-state index < -0.39 is 17.8 Å². The highest BCUT2D eigenvalue weighted by Crippen LogP contribution is 2.29. The monoisotopic (exact) mass is 408 g/mol. The molecule has 0 unspecified atom stereocenters. The predicted molar refractivity (Wildman–Crippen MR) is 109 cm³/mol. The Labute approximate surface area is 173 Å². The maximum Gasteiger partial charge on any atom is 0.338 e. The molecule has 30 heavy (non-hydrogen) atoms. The quantitative estimate of drug-likeness (QED) is 0.323. The molecule has 0 spiro atoms. The second kappa shape index (κ2) is 10.4. The summed E-state index contributed by atoms with van der Waals surface area (Å²) in [5.74, 6) is -1.07. The van der Waals surface area contributed by atoms with Crippen LogP contribution in [0.3, 0.4) is 0 Å². The van der Waals surface area contributed by atoms with Gasteiger partial charge in [0.2, 0.25) is 0 Å². The topological polar surface area (TPSA) is 115 Å². The summed E-state index contributed by atoms with van der Waals surface area (Å²) in [6.07, 6.45) is 1.38. The molecule has 1 amide bonds. The maximum absolute atomic E-state index is 12.4. The number of methoxy groups -OCH3 is 1. The van der Waals surface area contributed by atoms with Crippen molar-refractivity contribution < 1.29 is 28.6 Å². The molecule has 0 atom stereocenters. The molecular weight excluding hydrogens is 388 g/mol. The van der Waals surface area contributed by atoms with Gasteiger partial charge in [0.05, 0.1) is 19.3 Å². The summed E-state index contributed by atoms with van der Waals surface area (Å²) >= 11 is 0. The van der Waals surface area contributed by atoms with Crippen LogP contribution in [0.15, 0.2) is 48.0 Å². The van der Waals surface area contributed by atoms with Gasteiger partial charge in [-0.15, -0.1) is 0 Å². The van der Waals surface area contributed by atoms with Gasteiger partial charge in [-0.25, -0.2) is 4.79 Å². The smallest absolute Gasteiger partial charge is 0.338 e. The van der Waals surface area contributed by atoms with Crippen molar-refractivity contribution in [2.24, 2.45) is 0 Å². The normalized spacial score (nSPS) is 10.5. The van der Waals surface area contributed by atoms with Gasteiger partial charge < -0.3 is 19.5 Å². The van der Waals surface area contributed by atoms with E-state index in [4.69, 9.17) is 14.2 Å². The third kappa shape index (κ3) is 5.94. The molecule has 8 heteroatoms. The van der Waals surface area contributed by atoms with E-state index in [2.05, 4.69) is 5.32 Å². The number of amides is 1.